The van der Waals surface area contributed by atoms with Crippen molar-refractivity contribution in [2.45, 2.75) is 62.5 Å². The van der Waals surface area contributed by atoms with Gasteiger partial charge in [0.15, 0.2) is 0 Å². The Morgan fingerprint density at radius 3 is 2.00 bits per heavy atom. The van der Waals surface area contributed by atoms with Crippen molar-refractivity contribution < 1.29 is 26.5 Å². The molecule has 0 radical (unpaired) electrons. The number of hydrogen-bond donors (Lipinski definition) is 2. The predicted octanol–water partition coefficient (Wildman–Crippen LogP) is 2.90. The molecule has 0 unspecified atom stereocenters. The second-order valence-electron chi connectivity index (χ2n) is 9.72. The van der Waals surface area contributed by atoms with Gasteiger partial charge in [-0.1, -0.05) is 30.3 Å². The summed E-state index contributed by atoms with van der Waals surface area (Å²) in [5.74, 6) is 0. The third-order valence-corrected chi connectivity index (χ3v) is 7.52. The third kappa shape index (κ3) is 8.17. The fourth-order valence-electron chi connectivity index (χ4n) is 3.06. The SMILES string of the molecule is CC(C)(C)NS(=O)(=O)c1ccccc1-c1ccc(S(=O)(=O)NCCN(C=O)OC(C)(C)C)cc1. The quantitative estimate of drug-likeness (QED) is 0.374. The molecule has 0 aliphatic carbocycles. The summed E-state index contributed by atoms with van der Waals surface area (Å²) in [7, 11) is -7.64. The molecule has 0 saturated heterocycles. The molecule has 11 heteroatoms. The fourth-order valence-corrected chi connectivity index (χ4v) is 5.73. The number of hydroxylamine groups is 2. The molecule has 0 heterocycles. The Hall–Kier alpha value is -2.31. The van der Waals surface area contributed by atoms with Gasteiger partial charge in [0.05, 0.1) is 21.9 Å². The Morgan fingerprint density at radius 2 is 1.47 bits per heavy atom. The van der Waals surface area contributed by atoms with E-state index in [2.05, 4.69) is 9.44 Å². The largest absolute Gasteiger partial charge is 0.276 e. The van der Waals surface area contributed by atoms with Gasteiger partial charge in [-0.25, -0.2) is 31.3 Å². The molecule has 2 N–H and O–H groups in total. The van der Waals surface area contributed by atoms with Crippen molar-refractivity contribution in [3.8, 4) is 11.1 Å². The molecule has 188 valence electrons. The minimum atomic E-state index is -3.85. The Labute approximate surface area is 202 Å². The molecule has 0 bridgehead atoms. The first-order valence-electron chi connectivity index (χ1n) is 10.7. The molecule has 0 atom stereocenters. The van der Waals surface area contributed by atoms with E-state index in [0.29, 0.717) is 17.5 Å². The molecule has 0 fully saturated rings. The van der Waals surface area contributed by atoms with Gasteiger partial charge >= 0.3 is 0 Å². The van der Waals surface area contributed by atoms with Crippen LogP contribution in [0, 0.1) is 0 Å². The molecule has 0 saturated carbocycles. The molecule has 0 aliphatic rings. The van der Waals surface area contributed by atoms with Crippen molar-refractivity contribution in [1.82, 2.24) is 14.5 Å². The molecule has 9 nitrogen and oxygen atoms in total. The van der Waals surface area contributed by atoms with Crippen LogP contribution in [0.15, 0.2) is 58.3 Å². The molecule has 34 heavy (non-hydrogen) atoms. The average Bonchev–Trinajstić information content (AvgIpc) is 2.70. The van der Waals surface area contributed by atoms with Gasteiger partial charge in [-0.2, -0.15) is 0 Å². The summed E-state index contributed by atoms with van der Waals surface area (Å²) in [6.45, 7) is 10.6. The van der Waals surface area contributed by atoms with Crippen molar-refractivity contribution in [3.63, 3.8) is 0 Å². The fraction of sp³-hybridized carbons (Fsp3) is 0.435. The van der Waals surface area contributed by atoms with Crippen LogP contribution in [0.3, 0.4) is 0 Å². The number of amides is 1. The van der Waals surface area contributed by atoms with Crippen LogP contribution in [-0.4, -0.2) is 52.5 Å². The first kappa shape index (κ1) is 27.9. The highest BCUT2D eigenvalue weighted by Crippen LogP contribution is 2.29. The standard InChI is InChI=1S/C23H33N3O6S2/c1-22(2,3)25-34(30,31)21-10-8-7-9-20(21)18-11-13-19(14-12-18)33(28,29)24-15-16-26(17-27)32-23(4,5)6/h7-14,17,24-25H,15-16H2,1-6H3. The zero-order valence-corrected chi connectivity index (χ0v) is 22.0. The Kier molecular flexibility index (Phi) is 8.65. The Bertz CT molecular complexity index is 1200. The Balaban J connectivity index is 2.20. The summed E-state index contributed by atoms with van der Waals surface area (Å²) >= 11 is 0. The smallest absolute Gasteiger partial charge is 0.241 e. The van der Waals surface area contributed by atoms with Crippen LogP contribution in [-0.2, 0) is 29.7 Å². The summed E-state index contributed by atoms with van der Waals surface area (Å²) in [6.07, 6.45) is 0.494. The summed E-state index contributed by atoms with van der Waals surface area (Å²) in [6, 6.07) is 12.4. The monoisotopic (exact) mass is 511 g/mol. The lowest BCUT2D eigenvalue weighted by Crippen LogP contribution is -2.40. The molecule has 1 amide bonds. The van der Waals surface area contributed by atoms with E-state index in [4.69, 9.17) is 4.84 Å². The van der Waals surface area contributed by atoms with Crippen molar-refractivity contribution in [3.05, 3.63) is 48.5 Å². The van der Waals surface area contributed by atoms with Gasteiger partial charge in [0.1, 0.15) is 0 Å². The Morgan fingerprint density at radius 1 is 0.882 bits per heavy atom. The zero-order valence-electron chi connectivity index (χ0n) is 20.3. The maximum Gasteiger partial charge on any atom is 0.241 e. The lowest BCUT2D eigenvalue weighted by atomic mass is 10.1. The molecular formula is C23H33N3O6S2. The normalized spacial score (nSPS) is 13.0. The minimum Gasteiger partial charge on any atom is -0.276 e. The van der Waals surface area contributed by atoms with Crippen LogP contribution in [0.5, 0.6) is 0 Å². The van der Waals surface area contributed by atoms with Crippen molar-refractivity contribution in [1.29, 1.82) is 0 Å². The molecular weight excluding hydrogens is 478 g/mol. The van der Waals surface area contributed by atoms with E-state index in [1.54, 1.807) is 71.9 Å². The van der Waals surface area contributed by atoms with E-state index in [9.17, 15) is 21.6 Å². The second kappa shape index (κ2) is 10.5. The van der Waals surface area contributed by atoms with E-state index in [1.807, 2.05) is 0 Å². The number of benzene rings is 2. The van der Waals surface area contributed by atoms with E-state index in [-0.39, 0.29) is 22.9 Å². The highest BCUT2D eigenvalue weighted by atomic mass is 32.2. The highest BCUT2D eigenvalue weighted by Gasteiger charge is 2.25. The maximum absolute atomic E-state index is 12.9. The van der Waals surface area contributed by atoms with E-state index in [0.717, 1.165) is 5.06 Å². The first-order chi connectivity index (χ1) is 15.5. The number of carbonyl (C=O) groups excluding carboxylic acids is 1. The van der Waals surface area contributed by atoms with Gasteiger partial charge in [0.2, 0.25) is 26.5 Å². The summed E-state index contributed by atoms with van der Waals surface area (Å²) in [5.41, 5.74) is -0.244. The number of nitrogens with zero attached hydrogens (tertiary/aromatic N) is 1. The van der Waals surface area contributed by atoms with E-state index >= 15 is 0 Å². The zero-order chi connectivity index (χ0) is 25.8. The number of hydrogen-bond acceptors (Lipinski definition) is 6. The lowest BCUT2D eigenvalue weighted by Gasteiger charge is -2.26. The molecule has 2 rings (SSSR count). The van der Waals surface area contributed by atoms with E-state index in [1.165, 1.54) is 18.2 Å². The first-order valence-corrected chi connectivity index (χ1v) is 13.6. The van der Waals surface area contributed by atoms with Gasteiger partial charge < -0.3 is 0 Å². The van der Waals surface area contributed by atoms with Crippen LogP contribution >= 0.6 is 0 Å². The van der Waals surface area contributed by atoms with Crippen LogP contribution in [0.1, 0.15) is 41.5 Å². The number of carbonyl (C=O) groups is 1. The molecule has 0 aliphatic heterocycles. The van der Waals surface area contributed by atoms with Crippen LogP contribution in [0.25, 0.3) is 11.1 Å². The number of sulfonamides is 2. The number of nitrogens with one attached hydrogen (secondary N) is 2. The van der Waals surface area contributed by atoms with Crippen LogP contribution in [0.2, 0.25) is 0 Å². The topological polar surface area (TPSA) is 122 Å². The van der Waals surface area contributed by atoms with Gasteiger partial charge in [0.25, 0.3) is 0 Å². The van der Waals surface area contributed by atoms with Crippen molar-refractivity contribution >= 4 is 26.5 Å². The van der Waals surface area contributed by atoms with Gasteiger partial charge in [-0.05, 0) is 65.3 Å². The van der Waals surface area contributed by atoms with Crippen molar-refractivity contribution in [2.75, 3.05) is 13.1 Å². The van der Waals surface area contributed by atoms with Gasteiger partial charge in [-0.15, -0.1) is 0 Å². The molecule has 2 aromatic rings. The van der Waals surface area contributed by atoms with Crippen molar-refractivity contribution in [2.24, 2.45) is 0 Å². The number of rotatable bonds is 10. The molecule has 0 spiro atoms. The van der Waals surface area contributed by atoms with Gasteiger partial charge in [-0.3, -0.25) is 9.63 Å². The summed E-state index contributed by atoms with van der Waals surface area (Å²) in [5, 5.41) is 1.04. The summed E-state index contributed by atoms with van der Waals surface area (Å²) < 4.78 is 56.2. The molecule has 2 aromatic carbocycles. The second-order valence-corrected chi connectivity index (χ2v) is 13.1. The third-order valence-electron chi connectivity index (χ3n) is 4.23. The highest BCUT2D eigenvalue weighted by molar-refractivity contribution is 7.90. The van der Waals surface area contributed by atoms with E-state index < -0.39 is 31.2 Å². The van der Waals surface area contributed by atoms with Gasteiger partial charge in [0, 0.05) is 17.6 Å². The molecule has 0 aromatic heterocycles. The minimum absolute atomic E-state index is 0.0128. The maximum atomic E-state index is 12.9. The van der Waals surface area contributed by atoms with Crippen LogP contribution < -0.4 is 9.44 Å². The average molecular weight is 512 g/mol. The summed E-state index contributed by atoms with van der Waals surface area (Å²) in [4.78, 5) is 16.7. The lowest BCUT2D eigenvalue weighted by molar-refractivity contribution is -0.215. The predicted molar refractivity (Wildman–Crippen MR) is 131 cm³/mol. The van der Waals surface area contributed by atoms with Crippen LogP contribution in [0.4, 0.5) is 0 Å².